The third-order valence-electron chi connectivity index (χ3n) is 4.23. The summed E-state index contributed by atoms with van der Waals surface area (Å²) in [4.78, 5) is 19.5. The smallest absolute Gasteiger partial charge is 0.250 e. The minimum Gasteiger partial charge on any atom is -0.471 e. The highest BCUT2D eigenvalue weighted by Crippen LogP contribution is 2.20. The van der Waals surface area contributed by atoms with Crippen molar-refractivity contribution in [2.24, 2.45) is 0 Å². The molecule has 3 heterocycles. The van der Waals surface area contributed by atoms with E-state index in [0.717, 1.165) is 16.8 Å². The molecule has 0 saturated heterocycles. The third-order valence-corrected chi connectivity index (χ3v) is 4.23. The zero-order valence-corrected chi connectivity index (χ0v) is 16.2. The fourth-order valence-corrected chi connectivity index (χ4v) is 2.79. The molecule has 0 N–H and O–H groups in total. The first-order valence-electron chi connectivity index (χ1n) is 9.13. The zero-order valence-electron chi connectivity index (χ0n) is 16.2. The Labute approximate surface area is 169 Å². The van der Waals surface area contributed by atoms with Crippen LogP contribution in [0.1, 0.15) is 16.8 Å². The van der Waals surface area contributed by atoms with Gasteiger partial charge in [0.05, 0.1) is 5.69 Å². The fourth-order valence-electron chi connectivity index (χ4n) is 2.79. The van der Waals surface area contributed by atoms with Gasteiger partial charge in [-0.15, -0.1) is 0 Å². The predicted octanol–water partition coefficient (Wildman–Crippen LogP) is 3.46. The summed E-state index contributed by atoms with van der Waals surface area (Å²) in [5.41, 5.74) is 4.58. The molecule has 0 aliphatic heterocycles. The van der Waals surface area contributed by atoms with Crippen LogP contribution in [0.3, 0.4) is 0 Å². The van der Waals surface area contributed by atoms with E-state index in [2.05, 4.69) is 31.8 Å². The van der Waals surface area contributed by atoms with Gasteiger partial charge in [-0.25, -0.2) is 15.0 Å². The zero-order chi connectivity index (χ0) is 20.1. The number of benzene rings is 1. The number of nitrogens with zero attached hydrogens (tertiary/aromatic N) is 5. The molecule has 4 rings (SSSR count). The highest BCUT2D eigenvalue weighted by atomic mass is 16.5. The van der Waals surface area contributed by atoms with Crippen molar-refractivity contribution in [2.45, 2.75) is 6.61 Å². The minimum absolute atomic E-state index is 0.353. The van der Waals surface area contributed by atoms with E-state index in [-0.39, 0.29) is 0 Å². The van der Waals surface area contributed by atoms with Crippen LogP contribution in [0, 0.1) is 11.8 Å². The first-order chi connectivity index (χ1) is 14.2. The molecule has 0 bridgehead atoms. The quantitative estimate of drug-likeness (QED) is 0.505. The molecular weight excluding hydrogens is 362 g/mol. The van der Waals surface area contributed by atoms with Gasteiger partial charge in [0, 0.05) is 38.2 Å². The van der Waals surface area contributed by atoms with Crippen LogP contribution in [0.15, 0.2) is 67.1 Å². The van der Waals surface area contributed by atoms with Gasteiger partial charge in [-0.1, -0.05) is 18.1 Å². The summed E-state index contributed by atoms with van der Waals surface area (Å²) in [5, 5.41) is 0. The lowest BCUT2D eigenvalue weighted by Gasteiger charge is -2.14. The molecule has 4 aromatic rings. The lowest BCUT2D eigenvalue weighted by molar-refractivity contribution is 0.292. The standard InChI is InChI=1S/C23H19N5O/c1-28(2)21-8-4-3-6-18(21)9-10-20-23(29-16-17-11-14-24-15-12-17)27-19-7-5-13-25-22(19)26-20/h3-8,11-15H,16H2,1-2H3. The summed E-state index contributed by atoms with van der Waals surface area (Å²) in [6.07, 6.45) is 5.15. The van der Waals surface area contributed by atoms with Crippen LogP contribution in [0.5, 0.6) is 5.88 Å². The Morgan fingerprint density at radius 3 is 2.55 bits per heavy atom. The number of para-hydroxylation sites is 1. The van der Waals surface area contributed by atoms with Crippen molar-refractivity contribution in [3.63, 3.8) is 0 Å². The van der Waals surface area contributed by atoms with Gasteiger partial charge in [-0.2, -0.15) is 0 Å². The average molecular weight is 381 g/mol. The van der Waals surface area contributed by atoms with E-state index in [4.69, 9.17) is 4.74 Å². The number of rotatable bonds is 4. The SMILES string of the molecule is CN(C)c1ccccc1C#Cc1nc2ncccc2nc1OCc1ccncc1. The van der Waals surface area contributed by atoms with E-state index in [1.165, 1.54) is 0 Å². The molecule has 3 aromatic heterocycles. The van der Waals surface area contributed by atoms with Crippen molar-refractivity contribution < 1.29 is 4.74 Å². The number of fused-ring (bicyclic) bond motifs is 1. The second kappa shape index (κ2) is 8.36. The second-order valence-corrected chi connectivity index (χ2v) is 6.53. The van der Waals surface area contributed by atoms with Crippen LogP contribution >= 0.6 is 0 Å². The molecule has 0 fully saturated rings. The topological polar surface area (TPSA) is 64.0 Å². The molecular formula is C23H19N5O. The van der Waals surface area contributed by atoms with Crippen LogP contribution in [-0.4, -0.2) is 34.0 Å². The van der Waals surface area contributed by atoms with Gasteiger partial charge in [-0.05, 0) is 47.9 Å². The van der Waals surface area contributed by atoms with Gasteiger partial charge in [0.1, 0.15) is 12.1 Å². The summed E-state index contributed by atoms with van der Waals surface area (Å²) in [6.45, 7) is 0.353. The molecule has 0 amide bonds. The Bertz CT molecular complexity index is 1200. The van der Waals surface area contributed by atoms with E-state index in [1.54, 1.807) is 18.6 Å². The lowest BCUT2D eigenvalue weighted by atomic mass is 10.1. The Hall–Kier alpha value is -3.98. The number of hydrogen-bond acceptors (Lipinski definition) is 6. The maximum atomic E-state index is 5.96. The molecule has 0 spiro atoms. The normalized spacial score (nSPS) is 10.3. The van der Waals surface area contributed by atoms with Gasteiger partial charge in [0.2, 0.25) is 5.88 Å². The minimum atomic E-state index is 0.353. The highest BCUT2D eigenvalue weighted by Gasteiger charge is 2.10. The van der Waals surface area contributed by atoms with Crippen LogP contribution in [-0.2, 0) is 6.61 Å². The van der Waals surface area contributed by atoms with Crippen molar-refractivity contribution in [1.82, 2.24) is 19.9 Å². The van der Waals surface area contributed by atoms with E-state index in [9.17, 15) is 0 Å². The van der Waals surface area contributed by atoms with Gasteiger partial charge in [-0.3, -0.25) is 4.98 Å². The first-order valence-corrected chi connectivity index (χ1v) is 9.13. The van der Waals surface area contributed by atoms with Gasteiger partial charge in [0.25, 0.3) is 0 Å². The van der Waals surface area contributed by atoms with Crippen molar-refractivity contribution in [2.75, 3.05) is 19.0 Å². The number of ether oxygens (including phenoxy) is 1. The molecule has 142 valence electrons. The maximum absolute atomic E-state index is 5.96. The predicted molar refractivity (Wildman–Crippen MR) is 113 cm³/mol. The van der Waals surface area contributed by atoms with Crippen molar-refractivity contribution >= 4 is 16.9 Å². The van der Waals surface area contributed by atoms with Crippen LogP contribution in [0.2, 0.25) is 0 Å². The van der Waals surface area contributed by atoms with Crippen molar-refractivity contribution in [1.29, 1.82) is 0 Å². The van der Waals surface area contributed by atoms with Gasteiger partial charge in [0.15, 0.2) is 11.3 Å². The van der Waals surface area contributed by atoms with Gasteiger partial charge < -0.3 is 9.64 Å². The van der Waals surface area contributed by atoms with Crippen LogP contribution in [0.25, 0.3) is 11.2 Å². The van der Waals surface area contributed by atoms with Gasteiger partial charge >= 0.3 is 0 Å². The van der Waals surface area contributed by atoms with Crippen molar-refractivity contribution in [3.8, 4) is 17.7 Å². The molecule has 0 atom stereocenters. The van der Waals surface area contributed by atoms with E-state index in [1.807, 2.05) is 67.5 Å². The Balaban J connectivity index is 1.73. The van der Waals surface area contributed by atoms with E-state index < -0.39 is 0 Å². The summed E-state index contributed by atoms with van der Waals surface area (Å²) < 4.78 is 5.96. The summed E-state index contributed by atoms with van der Waals surface area (Å²) in [6, 6.07) is 15.4. The molecule has 0 unspecified atom stereocenters. The summed E-state index contributed by atoms with van der Waals surface area (Å²) in [7, 11) is 3.98. The molecule has 29 heavy (non-hydrogen) atoms. The molecule has 0 aliphatic rings. The molecule has 1 aromatic carbocycles. The van der Waals surface area contributed by atoms with Crippen LogP contribution in [0.4, 0.5) is 5.69 Å². The highest BCUT2D eigenvalue weighted by molar-refractivity contribution is 5.71. The van der Waals surface area contributed by atoms with Crippen molar-refractivity contribution in [3.05, 3.63) is 83.9 Å². The first kappa shape index (κ1) is 18.4. The van der Waals surface area contributed by atoms with Crippen LogP contribution < -0.4 is 9.64 Å². The third kappa shape index (κ3) is 4.30. The molecule has 6 heteroatoms. The summed E-state index contributed by atoms with van der Waals surface area (Å²) in [5.74, 6) is 6.71. The average Bonchev–Trinajstić information content (AvgIpc) is 2.76. The second-order valence-electron chi connectivity index (χ2n) is 6.53. The number of anilines is 1. The molecule has 0 saturated carbocycles. The number of hydrogen-bond donors (Lipinski definition) is 0. The Morgan fingerprint density at radius 2 is 1.72 bits per heavy atom. The Morgan fingerprint density at radius 1 is 0.897 bits per heavy atom. The van der Waals surface area contributed by atoms with E-state index >= 15 is 0 Å². The maximum Gasteiger partial charge on any atom is 0.250 e. The molecule has 0 radical (unpaired) electrons. The fraction of sp³-hybridized carbons (Fsp3) is 0.130. The number of pyridine rings is 2. The summed E-state index contributed by atoms with van der Waals surface area (Å²) >= 11 is 0. The largest absolute Gasteiger partial charge is 0.471 e. The lowest BCUT2D eigenvalue weighted by Crippen LogP contribution is -2.10. The Kier molecular flexibility index (Phi) is 5.30. The molecule has 0 aliphatic carbocycles. The molecule has 6 nitrogen and oxygen atoms in total. The number of aromatic nitrogens is 4. The van der Waals surface area contributed by atoms with E-state index in [0.29, 0.717) is 29.3 Å². The monoisotopic (exact) mass is 381 g/mol.